The van der Waals surface area contributed by atoms with E-state index in [1.54, 1.807) is 0 Å². The first-order valence-electron chi connectivity index (χ1n) is 9.94. The molecule has 0 aromatic rings. The maximum Gasteiger partial charge on any atom is 0.409 e. The van der Waals surface area contributed by atoms with Crippen molar-refractivity contribution in [3.63, 3.8) is 0 Å². The topological polar surface area (TPSA) is 61.9 Å². The third-order valence-electron chi connectivity index (χ3n) is 5.32. The lowest BCUT2D eigenvalue weighted by Gasteiger charge is -2.37. The Morgan fingerprint density at radius 2 is 1.80 bits per heavy atom. The van der Waals surface area contributed by atoms with E-state index in [1.165, 1.54) is 0 Å². The number of hydrogen-bond donors (Lipinski definition) is 1. The molecule has 1 N–H and O–H groups in total. The van der Waals surface area contributed by atoms with Gasteiger partial charge in [-0.3, -0.25) is 4.79 Å². The van der Waals surface area contributed by atoms with E-state index >= 15 is 0 Å². The minimum absolute atomic E-state index is 0.164. The van der Waals surface area contributed by atoms with Gasteiger partial charge in [-0.15, -0.1) is 0 Å². The molecule has 2 aliphatic rings. The predicted octanol–water partition coefficient (Wildman–Crippen LogP) is 2.48. The van der Waals surface area contributed by atoms with Crippen molar-refractivity contribution in [3.8, 4) is 0 Å². The molecule has 0 radical (unpaired) electrons. The molecule has 0 aromatic carbocycles. The van der Waals surface area contributed by atoms with E-state index in [-0.39, 0.29) is 17.9 Å². The molecule has 6 heteroatoms. The molecule has 2 aliphatic heterocycles. The van der Waals surface area contributed by atoms with Crippen LogP contribution in [0.25, 0.3) is 0 Å². The quantitative estimate of drug-likeness (QED) is 0.825. The molecule has 0 saturated carbocycles. The number of ether oxygens (including phenoxy) is 1. The maximum absolute atomic E-state index is 12.2. The highest BCUT2D eigenvalue weighted by atomic mass is 16.6. The highest BCUT2D eigenvalue weighted by Crippen LogP contribution is 2.24. The normalized spacial score (nSPS) is 23.4. The largest absolute Gasteiger partial charge is 0.450 e. The van der Waals surface area contributed by atoms with E-state index in [2.05, 4.69) is 24.1 Å². The smallest absolute Gasteiger partial charge is 0.409 e. The van der Waals surface area contributed by atoms with Gasteiger partial charge in [-0.1, -0.05) is 13.8 Å². The van der Waals surface area contributed by atoms with E-state index in [1.807, 2.05) is 11.8 Å². The van der Waals surface area contributed by atoms with Crippen molar-refractivity contribution >= 4 is 12.0 Å². The van der Waals surface area contributed by atoms with Gasteiger partial charge in [0.2, 0.25) is 5.91 Å². The first-order chi connectivity index (χ1) is 12.0. The summed E-state index contributed by atoms with van der Waals surface area (Å²) < 4.78 is 5.13. The molecule has 2 rings (SSSR count). The Kier molecular flexibility index (Phi) is 8.00. The number of carbonyl (C=O) groups is 2. The van der Waals surface area contributed by atoms with E-state index in [4.69, 9.17) is 4.74 Å². The lowest BCUT2D eigenvalue weighted by molar-refractivity contribution is -0.126. The zero-order chi connectivity index (χ0) is 18.2. The molecule has 2 amide bonds. The lowest BCUT2D eigenvalue weighted by atomic mass is 9.93. The average Bonchev–Trinajstić information content (AvgIpc) is 2.86. The molecule has 2 fully saturated rings. The fraction of sp³-hybridized carbons (Fsp3) is 0.895. The standard InChI is InChI=1S/C19H35N3O3/c1-4-25-19(24)22-10-5-6-17(9-13-22)21-11-7-16(8-12-21)18(23)20-14-15(2)3/h15-17H,4-14H2,1-3H3,(H,20,23). The van der Waals surface area contributed by atoms with Crippen LogP contribution in [0.4, 0.5) is 4.79 Å². The molecular weight excluding hydrogens is 318 g/mol. The van der Waals surface area contributed by atoms with Crippen molar-refractivity contribution in [1.82, 2.24) is 15.1 Å². The summed E-state index contributed by atoms with van der Waals surface area (Å²) in [6.07, 6.45) is 4.87. The van der Waals surface area contributed by atoms with Crippen LogP contribution in [0.1, 0.15) is 52.9 Å². The van der Waals surface area contributed by atoms with Crippen LogP contribution in [-0.4, -0.2) is 67.2 Å². The Labute approximate surface area is 152 Å². The number of nitrogens with zero attached hydrogens (tertiary/aromatic N) is 2. The fourth-order valence-corrected chi connectivity index (χ4v) is 3.82. The van der Waals surface area contributed by atoms with Gasteiger partial charge in [0.1, 0.15) is 0 Å². The Hall–Kier alpha value is -1.30. The van der Waals surface area contributed by atoms with E-state index < -0.39 is 0 Å². The minimum atomic E-state index is -0.177. The molecule has 1 atom stereocenters. The molecule has 0 bridgehead atoms. The summed E-state index contributed by atoms with van der Waals surface area (Å²) in [7, 11) is 0. The van der Waals surface area contributed by atoms with Crippen LogP contribution < -0.4 is 5.32 Å². The molecule has 144 valence electrons. The van der Waals surface area contributed by atoms with Crippen molar-refractivity contribution in [2.75, 3.05) is 39.3 Å². The third kappa shape index (κ3) is 6.17. The summed E-state index contributed by atoms with van der Waals surface area (Å²) in [5.74, 6) is 0.886. The van der Waals surface area contributed by atoms with Crippen LogP contribution in [-0.2, 0) is 9.53 Å². The van der Waals surface area contributed by atoms with Gasteiger partial charge in [-0.05, 0) is 58.0 Å². The fourth-order valence-electron chi connectivity index (χ4n) is 3.82. The van der Waals surface area contributed by atoms with E-state index in [9.17, 15) is 9.59 Å². The van der Waals surface area contributed by atoms with E-state index in [0.29, 0.717) is 18.6 Å². The van der Waals surface area contributed by atoms with Gasteiger partial charge in [0.05, 0.1) is 6.61 Å². The van der Waals surface area contributed by atoms with Gasteiger partial charge in [-0.2, -0.15) is 0 Å². The summed E-state index contributed by atoms with van der Waals surface area (Å²) in [6, 6.07) is 0.527. The van der Waals surface area contributed by atoms with Gasteiger partial charge < -0.3 is 19.9 Å². The molecule has 25 heavy (non-hydrogen) atoms. The second-order valence-corrected chi connectivity index (χ2v) is 7.72. The maximum atomic E-state index is 12.2. The zero-order valence-electron chi connectivity index (χ0n) is 16.1. The van der Waals surface area contributed by atoms with Crippen molar-refractivity contribution in [2.24, 2.45) is 11.8 Å². The summed E-state index contributed by atoms with van der Waals surface area (Å²) in [5.41, 5.74) is 0. The van der Waals surface area contributed by atoms with Crippen LogP contribution in [0.2, 0.25) is 0 Å². The number of carbonyl (C=O) groups excluding carboxylic acids is 2. The second-order valence-electron chi connectivity index (χ2n) is 7.72. The lowest BCUT2D eigenvalue weighted by Crippen LogP contribution is -2.45. The minimum Gasteiger partial charge on any atom is -0.450 e. The van der Waals surface area contributed by atoms with Gasteiger partial charge in [0.15, 0.2) is 0 Å². The van der Waals surface area contributed by atoms with Crippen LogP contribution in [0.5, 0.6) is 0 Å². The first-order valence-corrected chi connectivity index (χ1v) is 9.94. The van der Waals surface area contributed by atoms with Gasteiger partial charge in [0.25, 0.3) is 0 Å². The Bertz CT molecular complexity index is 434. The second kappa shape index (κ2) is 10.00. The molecule has 6 nitrogen and oxygen atoms in total. The van der Waals surface area contributed by atoms with Crippen molar-refractivity contribution < 1.29 is 14.3 Å². The highest BCUT2D eigenvalue weighted by Gasteiger charge is 2.30. The number of nitrogens with one attached hydrogen (secondary N) is 1. The number of rotatable bonds is 5. The molecule has 2 saturated heterocycles. The molecule has 2 heterocycles. The van der Waals surface area contributed by atoms with Gasteiger partial charge in [-0.25, -0.2) is 4.79 Å². The Balaban J connectivity index is 1.75. The van der Waals surface area contributed by atoms with Crippen molar-refractivity contribution in [3.05, 3.63) is 0 Å². The highest BCUT2D eigenvalue weighted by molar-refractivity contribution is 5.78. The Morgan fingerprint density at radius 3 is 2.44 bits per heavy atom. The number of hydrogen-bond acceptors (Lipinski definition) is 4. The SMILES string of the molecule is CCOC(=O)N1CCCC(N2CCC(C(=O)NCC(C)C)CC2)CC1. The molecule has 0 aromatic heterocycles. The summed E-state index contributed by atoms with van der Waals surface area (Å²) >= 11 is 0. The third-order valence-corrected chi connectivity index (χ3v) is 5.32. The molecular formula is C19H35N3O3. The van der Waals surface area contributed by atoms with Gasteiger partial charge in [0, 0.05) is 31.6 Å². The van der Waals surface area contributed by atoms with Crippen LogP contribution in [0.15, 0.2) is 0 Å². The monoisotopic (exact) mass is 353 g/mol. The summed E-state index contributed by atoms with van der Waals surface area (Å²) in [4.78, 5) is 28.5. The zero-order valence-corrected chi connectivity index (χ0v) is 16.1. The average molecular weight is 354 g/mol. The molecule has 0 aliphatic carbocycles. The van der Waals surface area contributed by atoms with Crippen LogP contribution >= 0.6 is 0 Å². The number of likely N-dealkylation sites (tertiary alicyclic amines) is 2. The predicted molar refractivity (Wildman–Crippen MR) is 98.4 cm³/mol. The van der Waals surface area contributed by atoms with Crippen molar-refractivity contribution in [1.29, 1.82) is 0 Å². The van der Waals surface area contributed by atoms with Crippen LogP contribution in [0, 0.1) is 11.8 Å². The van der Waals surface area contributed by atoms with Crippen molar-refractivity contribution in [2.45, 2.75) is 58.9 Å². The number of amides is 2. The molecule has 0 spiro atoms. The first kappa shape index (κ1) is 20.0. The van der Waals surface area contributed by atoms with Crippen LogP contribution in [0.3, 0.4) is 0 Å². The Morgan fingerprint density at radius 1 is 1.08 bits per heavy atom. The van der Waals surface area contributed by atoms with Gasteiger partial charge >= 0.3 is 6.09 Å². The summed E-state index contributed by atoms with van der Waals surface area (Å²) in [5, 5.41) is 3.07. The number of piperidine rings is 1. The van der Waals surface area contributed by atoms with E-state index in [0.717, 1.165) is 64.8 Å². The summed E-state index contributed by atoms with van der Waals surface area (Å²) in [6.45, 7) is 10.8. The molecule has 1 unspecified atom stereocenters.